The first-order valence-corrected chi connectivity index (χ1v) is 7.95. The van der Waals surface area contributed by atoms with E-state index in [1.165, 1.54) is 6.07 Å². The number of aliphatic carboxylic acids is 1. The quantitative estimate of drug-likeness (QED) is 0.678. The average molecular weight is 403 g/mol. The maximum atomic E-state index is 12.3. The Morgan fingerprint density at radius 3 is 2.71 bits per heavy atom. The van der Waals surface area contributed by atoms with E-state index in [2.05, 4.69) is 5.32 Å². The van der Waals surface area contributed by atoms with Crippen LogP contribution in [0.4, 0.5) is 0 Å². The molecule has 2 unspecified atom stereocenters. The van der Waals surface area contributed by atoms with Crippen molar-refractivity contribution < 1.29 is 19.8 Å². The van der Waals surface area contributed by atoms with Gasteiger partial charge in [-0.25, -0.2) is 0 Å². The Hall–Kier alpha value is -1.31. The Morgan fingerprint density at radius 2 is 2.10 bits per heavy atom. The lowest BCUT2D eigenvalue weighted by molar-refractivity contribution is -0.151. The van der Waals surface area contributed by atoms with E-state index in [0.29, 0.717) is 22.0 Å². The van der Waals surface area contributed by atoms with Crippen LogP contribution in [0.5, 0.6) is 5.75 Å². The van der Waals surface area contributed by atoms with E-state index in [9.17, 15) is 19.8 Å². The van der Waals surface area contributed by atoms with Gasteiger partial charge in [-0.15, -0.1) is 0 Å². The van der Waals surface area contributed by atoms with E-state index in [4.69, 9.17) is 0 Å². The first-order valence-electron chi connectivity index (χ1n) is 6.87. The zero-order valence-electron chi connectivity index (χ0n) is 11.7. The largest absolute Gasteiger partial charge is 0.507 e. The number of aromatic hydroxyl groups is 1. The molecule has 1 saturated carbocycles. The number of rotatable bonds is 3. The molecule has 114 valence electrons. The minimum atomic E-state index is -0.931. The van der Waals surface area contributed by atoms with Crippen LogP contribution < -0.4 is 5.32 Å². The van der Waals surface area contributed by atoms with Crippen LogP contribution in [-0.2, 0) is 4.79 Å². The first-order chi connectivity index (χ1) is 9.84. The number of carbonyl (C=O) groups excluding carboxylic acids is 1. The highest BCUT2D eigenvalue weighted by atomic mass is 127. The maximum Gasteiger partial charge on any atom is 0.311 e. The molecule has 1 amide bonds. The number of phenolic OH excluding ortho intramolecular Hbond substituents is 1. The van der Waals surface area contributed by atoms with Crippen LogP contribution in [0.2, 0.25) is 0 Å². The van der Waals surface area contributed by atoms with E-state index < -0.39 is 17.4 Å². The van der Waals surface area contributed by atoms with Gasteiger partial charge in [-0.2, -0.15) is 0 Å². The third-order valence-corrected chi connectivity index (χ3v) is 5.12. The molecule has 1 fully saturated rings. The molecule has 6 heteroatoms. The number of amides is 1. The summed E-state index contributed by atoms with van der Waals surface area (Å²) in [6.07, 6.45) is 2.99. The normalized spacial score (nSPS) is 25.3. The summed E-state index contributed by atoms with van der Waals surface area (Å²) < 4.78 is 0.664. The van der Waals surface area contributed by atoms with Crippen LogP contribution in [-0.4, -0.2) is 28.1 Å². The van der Waals surface area contributed by atoms with Gasteiger partial charge in [0.25, 0.3) is 5.91 Å². The van der Waals surface area contributed by atoms with Gasteiger partial charge in [-0.1, -0.05) is 12.8 Å². The number of halogens is 1. The topological polar surface area (TPSA) is 86.6 Å². The Kier molecular flexibility index (Phi) is 4.75. The molecule has 2 atom stereocenters. The third-order valence-electron chi connectivity index (χ3n) is 4.21. The summed E-state index contributed by atoms with van der Waals surface area (Å²) in [7, 11) is 0. The Bertz CT molecular complexity index is 575. The predicted octanol–water partition coefficient (Wildman–Crippen LogP) is 2.76. The van der Waals surface area contributed by atoms with Crippen LogP contribution in [0.25, 0.3) is 0 Å². The number of carboxylic acid groups (broad SMARTS) is 1. The van der Waals surface area contributed by atoms with E-state index >= 15 is 0 Å². The van der Waals surface area contributed by atoms with Gasteiger partial charge in [0.15, 0.2) is 0 Å². The fourth-order valence-corrected chi connectivity index (χ4v) is 3.05. The highest BCUT2D eigenvalue weighted by Crippen LogP contribution is 2.36. The highest BCUT2D eigenvalue weighted by molar-refractivity contribution is 14.1. The predicted molar refractivity (Wildman–Crippen MR) is 86.3 cm³/mol. The Labute approximate surface area is 136 Å². The number of phenols is 1. The number of carbonyl (C=O) groups is 2. The molecular formula is C15H18INO4. The van der Waals surface area contributed by atoms with Gasteiger partial charge in [0.2, 0.25) is 0 Å². The zero-order chi connectivity index (χ0) is 15.6. The summed E-state index contributed by atoms with van der Waals surface area (Å²) in [6, 6.07) is 4.29. The molecule has 3 N–H and O–H groups in total. The summed E-state index contributed by atoms with van der Waals surface area (Å²) >= 11 is 1.97. The van der Waals surface area contributed by atoms with Crippen molar-refractivity contribution in [2.45, 2.75) is 38.6 Å². The van der Waals surface area contributed by atoms with Crippen molar-refractivity contribution in [1.29, 1.82) is 0 Å². The monoisotopic (exact) mass is 403 g/mol. The lowest BCUT2D eigenvalue weighted by Gasteiger charge is -2.38. The Morgan fingerprint density at radius 1 is 1.38 bits per heavy atom. The summed E-state index contributed by atoms with van der Waals surface area (Å²) in [5.74, 6) is -1.17. The van der Waals surface area contributed by atoms with Gasteiger partial charge in [0.05, 0.1) is 8.99 Å². The lowest BCUT2D eigenvalue weighted by atomic mass is 9.71. The van der Waals surface area contributed by atoms with Crippen LogP contribution in [0.15, 0.2) is 18.2 Å². The number of hydrogen-bond donors (Lipinski definition) is 3. The molecule has 0 heterocycles. The van der Waals surface area contributed by atoms with Gasteiger partial charge in [0.1, 0.15) is 5.75 Å². The molecule has 5 nitrogen and oxygen atoms in total. The number of benzene rings is 1. The number of carboxylic acids is 1. The van der Waals surface area contributed by atoms with Crippen LogP contribution in [0.1, 0.15) is 43.0 Å². The molecule has 0 bridgehead atoms. The SMILES string of the molecule is CC1(C(=O)O)CCCCC1NC(=O)c1ccc(I)c(O)c1. The van der Waals surface area contributed by atoms with Gasteiger partial charge >= 0.3 is 5.97 Å². The van der Waals surface area contributed by atoms with E-state index in [1.807, 2.05) is 22.6 Å². The Balaban J connectivity index is 2.17. The molecule has 1 aliphatic carbocycles. The standard InChI is InChI=1S/C15H18INO4/c1-15(14(20)21)7-3-2-4-12(15)17-13(19)9-5-6-10(16)11(18)8-9/h5-6,8,12,18H,2-4,7H2,1H3,(H,17,19)(H,20,21). The molecule has 0 aliphatic heterocycles. The molecule has 1 aromatic rings. The molecule has 2 rings (SSSR count). The number of hydrogen-bond acceptors (Lipinski definition) is 3. The fraction of sp³-hybridized carbons (Fsp3) is 0.467. The number of nitrogens with one attached hydrogen (secondary N) is 1. The third kappa shape index (κ3) is 3.30. The average Bonchev–Trinajstić information content (AvgIpc) is 2.44. The molecule has 21 heavy (non-hydrogen) atoms. The van der Waals surface area contributed by atoms with Crippen molar-refractivity contribution in [1.82, 2.24) is 5.32 Å². The van der Waals surface area contributed by atoms with Gasteiger partial charge < -0.3 is 15.5 Å². The van der Waals surface area contributed by atoms with Crippen LogP contribution in [0, 0.1) is 8.99 Å². The van der Waals surface area contributed by atoms with Gasteiger partial charge in [-0.3, -0.25) is 9.59 Å². The molecule has 0 spiro atoms. The van der Waals surface area contributed by atoms with Crippen LogP contribution >= 0.6 is 22.6 Å². The molecular weight excluding hydrogens is 385 g/mol. The second-order valence-corrected chi connectivity index (χ2v) is 6.82. The fourth-order valence-electron chi connectivity index (χ4n) is 2.72. The summed E-state index contributed by atoms with van der Waals surface area (Å²) in [6.45, 7) is 1.69. The first kappa shape index (κ1) is 16.1. The smallest absolute Gasteiger partial charge is 0.311 e. The highest BCUT2D eigenvalue weighted by Gasteiger charge is 2.43. The van der Waals surface area contributed by atoms with E-state index in [1.54, 1.807) is 19.1 Å². The minimum absolute atomic E-state index is 0.0490. The van der Waals surface area contributed by atoms with E-state index in [0.717, 1.165) is 12.8 Å². The summed E-state index contributed by atoms with van der Waals surface area (Å²) in [5.41, 5.74) is -0.592. The maximum absolute atomic E-state index is 12.3. The second kappa shape index (κ2) is 6.21. The van der Waals surface area contributed by atoms with Crippen molar-refractivity contribution in [3.8, 4) is 5.75 Å². The van der Waals surface area contributed by atoms with Crippen LogP contribution in [0.3, 0.4) is 0 Å². The summed E-state index contributed by atoms with van der Waals surface area (Å²) in [5, 5.41) is 21.9. The van der Waals surface area contributed by atoms with Crippen molar-refractivity contribution in [2.75, 3.05) is 0 Å². The molecule has 0 radical (unpaired) electrons. The van der Waals surface area contributed by atoms with E-state index in [-0.39, 0.29) is 11.7 Å². The minimum Gasteiger partial charge on any atom is -0.507 e. The van der Waals surface area contributed by atoms with Crippen molar-refractivity contribution in [3.05, 3.63) is 27.3 Å². The lowest BCUT2D eigenvalue weighted by Crippen LogP contribution is -2.52. The molecule has 1 aliphatic rings. The van der Waals surface area contributed by atoms with Crippen molar-refractivity contribution in [2.24, 2.45) is 5.41 Å². The van der Waals surface area contributed by atoms with Gasteiger partial charge in [-0.05, 0) is 60.6 Å². The summed E-state index contributed by atoms with van der Waals surface area (Å²) in [4.78, 5) is 23.8. The molecule has 1 aromatic carbocycles. The van der Waals surface area contributed by atoms with Crippen molar-refractivity contribution in [3.63, 3.8) is 0 Å². The van der Waals surface area contributed by atoms with Gasteiger partial charge in [0, 0.05) is 11.6 Å². The second-order valence-electron chi connectivity index (χ2n) is 5.66. The van der Waals surface area contributed by atoms with Crippen molar-refractivity contribution >= 4 is 34.5 Å². The zero-order valence-corrected chi connectivity index (χ0v) is 13.9. The molecule has 0 aromatic heterocycles. The molecule has 0 saturated heterocycles.